The number of piperidine rings is 1. The first-order valence-electron chi connectivity index (χ1n) is 7.38. The summed E-state index contributed by atoms with van der Waals surface area (Å²) in [7, 11) is 0. The Morgan fingerprint density at radius 2 is 1.83 bits per heavy atom. The summed E-state index contributed by atoms with van der Waals surface area (Å²) >= 11 is 0. The number of hydrogen-bond acceptors (Lipinski definition) is 2. The van der Waals surface area contributed by atoms with Gasteiger partial charge in [-0.15, -0.1) is 0 Å². The minimum atomic E-state index is 0.0759. The van der Waals surface area contributed by atoms with Gasteiger partial charge in [0.25, 0.3) is 0 Å². The predicted octanol–water partition coefficient (Wildman–Crippen LogP) is 2.08. The van der Waals surface area contributed by atoms with Crippen LogP contribution >= 0.6 is 0 Å². The summed E-state index contributed by atoms with van der Waals surface area (Å²) < 4.78 is 0. The van der Waals surface area contributed by atoms with Gasteiger partial charge >= 0.3 is 6.03 Å². The van der Waals surface area contributed by atoms with Crippen molar-refractivity contribution in [3.8, 4) is 0 Å². The van der Waals surface area contributed by atoms with E-state index >= 15 is 0 Å². The van der Waals surface area contributed by atoms with Gasteiger partial charge in [-0.25, -0.2) is 4.79 Å². The molecule has 104 valence electrons. The van der Waals surface area contributed by atoms with Gasteiger partial charge in [0.2, 0.25) is 0 Å². The van der Waals surface area contributed by atoms with Crippen molar-refractivity contribution in [3.63, 3.8) is 0 Å². The average Bonchev–Trinajstić information content (AvgIpc) is 2.90. The van der Waals surface area contributed by atoms with E-state index in [4.69, 9.17) is 0 Å². The zero-order chi connectivity index (χ0) is 13.0. The number of amides is 2. The SMILES string of the molecule is CC1CCN(C(=O)N(CCO)C2CCCC2)CC1. The second-order valence-electron chi connectivity index (χ2n) is 5.81. The highest BCUT2D eigenvalue weighted by Gasteiger charge is 2.30. The van der Waals surface area contributed by atoms with E-state index in [9.17, 15) is 9.90 Å². The Balaban J connectivity index is 1.94. The molecule has 0 aromatic carbocycles. The van der Waals surface area contributed by atoms with Gasteiger partial charge in [0.05, 0.1) is 6.61 Å². The standard InChI is InChI=1S/C14H26N2O2/c1-12-6-8-15(9-7-12)14(18)16(10-11-17)13-4-2-3-5-13/h12-13,17H,2-11H2,1H3. The fourth-order valence-corrected chi connectivity index (χ4v) is 3.14. The van der Waals surface area contributed by atoms with Crippen LogP contribution in [0.5, 0.6) is 0 Å². The van der Waals surface area contributed by atoms with Gasteiger partial charge in [0, 0.05) is 25.7 Å². The highest BCUT2D eigenvalue weighted by Crippen LogP contribution is 2.25. The molecule has 4 nitrogen and oxygen atoms in total. The fraction of sp³-hybridized carbons (Fsp3) is 0.929. The smallest absolute Gasteiger partial charge is 0.320 e. The maximum absolute atomic E-state index is 12.5. The van der Waals surface area contributed by atoms with Crippen LogP contribution in [-0.2, 0) is 0 Å². The highest BCUT2D eigenvalue weighted by molar-refractivity contribution is 5.75. The van der Waals surface area contributed by atoms with Crippen LogP contribution in [-0.4, -0.2) is 53.2 Å². The normalized spacial score (nSPS) is 22.4. The quantitative estimate of drug-likeness (QED) is 0.838. The third-order valence-corrected chi connectivity index (χ3v) is 4.41. The monoisotopic (exact) mass is 254 g/mol. The summed E-state index contributed by atoms with van der Waals surface area (Å²) in [6.45, 7) is 4.59. The zero-order valence-corrected chi connectivity index (χ0v) is 11.5. The Morgan fingerprint density at radius 3 is 2.39 bits per heavy atom. The molecule has 2 aliphatic rings. The molecule has 1 N–H and O–H groups in total. The van der Waals surface area contributed by atoms with Crippen molar-refractivity contribution < 1.29 is 9.90 Å². The summed E-state index contributed by atoms with van der Waals surface area (Å²) in [5, 5.41) is 9.17. The number of aliphatic hydroxyl groups is 1. The van der Waals surface area contributed by atoms with E-state index in [1.165, 1.54) is 12.8 Å². The average molecular weight is 254 g/mol. The number of rotatable bonds is 3. The van der Waals surface area contributed by atoms with E-state index in [1.807, 2.05) is 9.80 Å². The summed E-state index contributed by atoms with van der Waals surface area (Å²) in [5.74, 6) is 0.742. The summed E-state index contributed by atoms with van der Waals surface area (Å²) in [5.41, 5.74) is 0. The number of urea groups is 1. The number of nitrogens with zero attached hydrogens (tertiary/aromatic N) is 2. The van der Waals surface area contributed by atoms with Gasteiger partial charge in [0.15, 0.2) is 0 Å². The van der Waals surface area contributed by atoms with E-state index in [-0.39, 0.29) is 12.6 Å². The minimum absolute atomic E-state index is 0.0759. The van der Waals surface area contributed by atoms with E-state index in [0.717, 1.165) is 44.7 Å². The molecular formula is C14H26N2O2. The van der Waals surface area contributed by atoms with Crippen LogP contribution < -0.4 is 0 Å². The molecule has 0 aromatic rings. The van der Waals surface area contributed by atoms with Crippen molar-refractivity contribution in [1.29, 1.82) is 0 Å². The molecule has 0 unspecified atom stereocenters. The van der Waals surface area contributed by atoms with Crippen molar-refractivity contribution in [2.75, 3.05) is 26.2 Å². The van der Waals surface area contributed by atoms with E-state index in [2.05, 4.69) is 6.92 Å². The van der Waals surface area contributed by atoms with Gasteiger partial charge in [-0.05, 0) is 31.6 Å². The number of carbonyl (C=O) groups excluding carboxylic acids is 1. The predicted molar refractivity (Wildman–Crippen MR) is 71.4 cm³/mol. The molecule has 0 atom stereocenters. The Hall–Kier alpha value is -0.770. The van der Waals surface area contributed by atoms with E-state index in [1.54, 1.807) is 0 Å². The summed E-state index contributed by atoms with van der Waals surface area (Å²) in [6.07, 6.45) is 6.88. The molecule has 1 heterocycles. The van der Waals surface area contributed by atoms with Gasteiger partial charge in [-0.2, -0.15) is 0 Å². The van der Waals surface area contributed by atoms with Crippen molar-refractivity contribution in [1.82, 2.24) is 9.80 Å². The third-order valence-electron chi connectivity index (χ3n) is 4.41. The van der Waals surface area contributed by atoms with Crippen molar-refractivity contribution in [2.45, 2.75) is 51.5 Å². The Bertz CT molecular complexity index is 269. The van der Waals surface area contributed by atoms with Gasteiger partial charge in [-0.1, -0.05) is 19.8 Å². The molecule has 18 heavy (non-hydrogen) atoms. The number of aliphatic hydroxyl groups excluding tert-OH is 1. The van der Waals surface area contributed by atoms with E-state index in [0.29, 0.717) is 12.6 Å². The largest absolute Gasteiger partial charge is 0.395 e. The second kappa shape index (κ2) is 6.41. The molecule has 0 spiro atoms. The minimum Gasteiger partial charge on any atom is -0.395 e. The van der Waals surface area contributed by atoms with Crippen LogP contribution in [0.15, 0.2) is 0 Å². The van der Waals surface area contributed by atoms with Crippen LogP contribution in [0, 0.1) is 5.92 Å². The van der Waals surface area contributed by atoms with Crippen molar-refractivity contribution >= 4 is 6.03 Å². The highest BCUT2D eigenvalue weighted by atomic mass is 16.3. The van der Waals surface area contributed by atoms with Gasteiger partial charge < -0.3 is 14.9 Å². The molecule has 0 radical (unpaired) electrons. The van der Waals surface area contributed by atoms with E-state index < -0.39 is 0 Å². The molecular weight excluding hydrogens is 228 g/mol. The molecule has 2 fully saturated rings. The van der Waals surface area contributed by atoms with Crippen LogP contribution in [0.25, 0.3) is 0 Å². The molecule has 0 bridgehead atoms. The first-order chi connectivity index (χ1) is 8.72. The molecule has 1 saturated heterocycles. The lowest BCUT2D eigenvalue weighted by molar-refractivity contribution is 0.106. The maximum atomic E-state index is 12.5. The van der Waals surface area contributed by atoms with Crippen LogP contribution in [0.2, 0.25) is 0 Å². The molecule has 0 aromatic heterocycles. The molecule has 1 aliphatic heterocycles. The van der Waals surface area contributed by atoms with Gasteiger partial charge in [0.1, 0.15) is 0 Å². The van der Waals surface area contributed by atoms with Crippen molar-refractivity contribution in [3.05, 3.63) is 0 Å². The Labute approximate surface area is 110 Å². The van der Waals surface area contributed by atoms with Crippen LogP contribution in [0.3, 0.4) is 0 Å². The molecule has 2 rings (SSSR count). The van der Waals surface area contributed by atoms with Gasteiger partial charge in [-0.3, -0.25) is 0 Å². The number of carbonyl (C=O) groups is 1. The van der Waals surface area contributed by atoms with Crippen LogP contribution in [0.1, 0.15) is 45.4 Å². The first-order valence-corrected chi connectivity index (χ1v) is 7.38. The lowest BCUT2D eigenvalue weighted by Crippen LogP contribution is -2.50. The summed E-state index contributed by atoms with van der Waals surface area (Å²) in [6, 6.07) is 0.520. The van der Waals surface area contributed by atoms with Crippen molar-refractivity contribution in [2.24, 2.45) is 5.92 Å². The second-order valence-corrected chi connectivity index (χ2v) is 5.81. The Morgan fingerprint density at radius 1 is 1.22 bits per heavy atom. The molecule has 4 heteroatoms. The molecule has 2 amide bonds. The molecule has 1 aliphatic carbocycles. The summed E-state index contributed by atoms with van der Waals surface area (Å²) in [4.78, 5) is 16.4. The topological polar surface area (TPSA) is 43.8 Å². The maximum Gasteiger partial charge on any atom is 0.320 e. The van der Waals surface area contributed by atoms with Crippen LogP contribution in [0.4, 0.5) is 4.79 Å². The molecule has 1 saturated carbocycles. The third kappa shape index (κ3) is 3.16. The zero-order valence-electron chi connectivity index (χ0n) is 11.5. The lowest BCUT2D eigenvalue weighted by Gasteiger charge is -2.37. The number of hydrogen-bond donors (Lipinski definition) is 1. The fourth-order valence-electron chi connectivity index (χ4n) is 3.14. The Kier molecular flexibility index (Phi) is 4.87. The first kappa shape index (κ1) is 13.7. The number of likely N-dealkylation sites (tertiary alicyclic amines) is 1. The lowest BCUT2D eigenvalue weighted by atomic mass is 9.99.